The number of aryl methyl sites for hydroxylation is 1. The minimum Gasteiger partial charge on any atom is -0.478 e. The van der Waals surface area contributed by atoms with Crippen LogP contribution in [0.15, 0.2) is 18.2 Å². The highest BCUT2D eigenvalue weighted by molar-refractivity contribution is 6.01. The van der Waals surface area contributed by atoms with Gasteiger partial charge in [-0.25, -0.2) is 14.6 Å². The highest BCUT2D eigenvalue weighted by Gasteiger charge is 2.24. The fourth-order valence-corrected chi connectivity index (χ4v) is 2.31. The van der Waals surface area contributed by atoms with Crippen molar-refractivity contribution >= 4 is 23.0 Å². The molecule has 1 atom stereocenters. The average Bonchev–Trinajstić information content (AvgIpc) is 2.83. The van der Waals surface area contributed by atoms with E-state index in [2.05, 4.69) is 4.98 Å². The standard InChI is InChI=1S/C14H16N2O4/c1-4-11-15-10-7-5-6-9(13(17)18)12(10)16(11)8(2)14(19)20-3/h5-8H,4H2,1-3H3,(H,17,18). The van der Waals surface area contributed by atoms with Crippen molar-refractivity contribution in [1.82, 2.24) is 9.55 Å². The molecule has 0 aliphatic rings. The topological polar surface area (TPSA) is 81.4 Å². The van der Waals surface area contributed by atoms with Crippen molar-refractivity contribution in [3.63, 3.8) is 0 Å². The third kappa shape index (κ3) is 2.13. The number of carboxylic acid groups (broad SMARTS) is 1. The van der Waals surface area contributed by atoms with Gasteiger partial charge >= 0.3 is 11.9 Å². The summed E-state index contributed by atoms with van der Waals surface area (Å²) in [6, 6.07) is 4.26. The molecule has 1 aromatic heterocycles. The molecule has 1 unspecified atom stereocenters. The van der Waals surface area contributed by atoms with E-state index in [0.29, 0.717) is 23.3 Å². The zero-order valence-electron chi connectivity index (χ0n) is 11.6. The minimum absolute atomic E-state index is 0.130. The molecule has 20 heavy (non-hydrogen) atoms. The number of ether oxygens (including phenoxy) is 1. The fourth-order valence-electron chi connectivity index (χ4n) is 2.31. The number of nitrogens with zero attached hydrogens (tertiary/aromatic N) is 2. The quantitative estimate of drug-likeness (QED) is 0.864. The first kappa shape index (κ1) is 14.0. The Morgan fingerprint density at radius 2 is 2.15 bits per heavy atom. The van der Waals surface area contributed by atoms with Crippen molar-refractivity contribution in [2.45, 2.75) is 26.3 Å². The van der Waals surface area contributed by atoms with Gasteiger partial charge in [-0.05, 0) is 19.1 Å². The number of fused-ring (bicyclic) bond motifs is 1. The zero-order chi connectivity index (χ0) is 14.9. The summed E-state index contributed by atoms with van der Waals surface area (Å²) in [7, 11) is 1.31. The maximum absolute atomic E-state index is 11.8. The van der Waals surface area contributed by atoms with Gasteiger partial charge in [0.05, 0.1) is 23.7 Å². The molecule has 106 valence electrons. The summed E-state index contributed by atoms with van der Waals surface area (Å²) in [5.41, 5.74) is 1.15. The van der Waals surface area contributed by atoms with Crippen molar-refractivity contribution < 1.29 is 19.4 Å². The lowest BCUT2D eigenvalue weighted by Crippen LogP contribution is -2.20. The second kappa shape index (κ2) is 5.32. The molecule has 2 rings (SSSR count). The number of benzene rings is 1. The summed E-state index contributed by atoms with van der Waals surface area (Å²) >= 11 is 0. The molecule has 1 N–H and O–H groups in total. The molecule has 6 heteroatoms. The first-order valence-corrected chi connectivity index (χ1v) is 6.32. The normalized spacial score (nSPS) is 12.3. The summed E-state index contributed by atoms with van der Waals surface area (Å²) in [6.07, 6.45) is 0.592. The first-order valence-electron chi connectivity index (χ1n) is 6.32. The number of aromatic nitrogens is 2. The Bertz CT molecular complexity index is 675. The molecule has 0 aliphatic carbocycles. The van der Waals surface area contributed by atoms with E-state index in [4.69, 9.17) is 4.74 Å². The predicted octanol–water partition coefficient (Wildman–Crippen LogP) is 2.03. The predicted molar refractivity (Wildman–Crippen MR) is 72.8 cm³/mol. The summed E-state index contributed by atoms with van der Waals surface area (Å²) in [4.78, 5) is 27.6. The van der Waals surface area contributed by atoms with Gasteiger partial charge in [-0.3, -0.25) is 0 Å². The number of carboxylic acids is 1. The lowest BCUT2D eigenvalue weighted by Gasteiger charge is -2.15. The number of rotatable bonds is 4. The monoisotopic (exact) mass is 276 g/mol. The van der Waals surface area contributed by atoms with Gasteiger partial charge in [0.2, 0.25) is 0 Å². The third-order valence-corrected chi connectivity index (χ3v) is 3.26. The Balaban J connectivity index is 2.79. The smallest absolute Gasteiger partial charge is 0.337 e. The number of imidazole rings is 1. The number of para-hydroxylation sites is 1. The molecule has 0 radical (unpaired) electrons. The van der Waals surface area contributed by atoms with Gasteiger partial charge in [-0.1, -0.05) is 13.0 Å². The van der Waals surface area contributed by atoms with Crippen LogP contribution in [0.1, 0.15) is 36.1 Å². The molecule has 1 heterocycles. The maximum atomic E-state index is 11.8. The Labute approximate surface area is 116 Å². The van der Waals surface area contributed by atoms with E-state index in [-0.39, 0.29) is 5.56 Å². The highest BCUT2D eigenvalue weighted by Crippen LogP contribution is 2.25. The van der Waals surface area contributed by atoms with E-state index in [1.807, 2.05) is 6.92 Å². The van der Waals surface area contributed by atoms with Crippen molar-refractivity contribution in [1.29, 1.82) is 0 Å². The summed E-state index contributed by atoms with van der Waals surface area (Å²) in [5, 5.41) is 9.31. The van der Waals surface area contributed by atoms with Crippen LogP contribution < -0.4 is 0 Å². The molecule has 0 aliphatic heterocycles. The van der Waals surface area contributed by atoms with Crippen LogP contribution in [0.3, 0.4) is 0 Å². The number of methoxy groups -OCH3 is 1. The summed E-state index contributed by atoms with van der Waals surface area (Å²) < 4.78 is 6.39. The van der Waals surface area contributed by atoms with E-state index in [9.17, 15) is 14.7 Å². The maximum Gasteiger partial charge on any atom is 0.337 e. The van der Waals surface area contributed by atoms with Crippen LogP contribution >= 0.6 is 0 Å². The van der Waals surface area contributed by atoms with Crippen LogP contribution in [0, 0.1) is 0 Å². The van der Waals surface area contributed by atoms with Gasteiger partial charge in [-0.15, -0.1) is 0 Å². The lowest BCUT2D eigenvalue weighted by atomic mass is 10.1. The highest BCUT2D eigenvalue weighted by atomic mass is 16.5. The van der Waals surface area contributed by atoms with Crippen LogP contribution in [0.2, 0.25) is 0 Å². The number of esters is 1. The third-order valence-electron chi connectivity index (χ3n) is 3.26. The van der Waals surface area contributed by atoms with Gasteiger partial charge in [0.15, 0.2) is 0 Å². The van der Waals surface area contributed by atoms with E-state index in [1.54, 1.807) is 23.6 Å². The van der Waals surface area contributed by atoms with Crippen LogP contribution in [0.25, 0.3) is 11.0 Å². The van der Waals surface area contributed by atoms with E-state index in [1.165, 1.54) is 13.2 Å². The lowest BCUT2D eigenvalue weighted by molar-refractivity contribution is -0.143. The van der Waals surface area contributed by atoms with E-state index < -0.39 is 18.0 Å². The van der Waals surface area contributed by atoms with Crippen molar-refractivity contribution in [3.8, 4) is 0 Å². The number of aromatic carboxylic acids is 1. The van der Waals surface area contributed by atoms with Gasteiger partial charge in [0, 0.05) is 6.42 Å². The Hall–Kier alpha value is -2.37. The Kier molecular flexibility index (Phi) is 3.74. The SMILES string of the molecule is CCc1nc2cccc(C(=O)O)c2n1C(C)C(=O)OC. The Morgan fingerprint density at radius 3 is 2.70 bits per heavy atom. The van der Waals surface area contributed by atoms with Crippen LogP contribution in [0.5, 0.6) is 0 Å². The molecule has 0 saturated carbocycles. The second-order valence-electron chi connectivity index (χ2n) is 4.43. The summed E-state index contributed by atoms with van der Waals surface area (Å²) in [5.74, 6) is -0.817. The van der Waals surface area contributed by atoms with Crippen LogP contribution in [-0.4, -0.2) is 33.7 Å². The van der Waals surface area contributed by atoms with Crippen molar-refractivity contribution in [2.75, 3.05) is 7.11 Å². The van der Waals surface area contributed by atoms with E-state index >= 15 is 0 Å². The van der Waals surface area contributed by atoms with Crippen molar-refractivity contribution in [2.24, 2.45) is 0 Å². The number of carbonyl (C=O) groups is 2. The molecule has 0 fully saturated rings. The molecule has 0 amide bonds. The molecule has 0 saturated heterocycles. The van der Waals surface area contributed by atoms with Crippen LogP contribution in [0.4, 0.5) is 0 Å². The molecule has 0 spiro atoms. The van der Waals surface area contributed by atoms with Gasteiger partial charge in [0.1, 0.15) is 11.9 Å². The van der Waals surface area contributed by atoms with Gasteiger partial charge < -0.3 is 14.4 Å². The number of hydrogen-bond acceptors (Lipinski definition) is 4. The average molecular weight is 276 g/mol. The Morgan fingerprint density at radius 1 is 1.45 bits per heavy atom. The molecule has 1 aromatic carbocycles. The van der Waals surface area contributed by atoms with Gasteiger partial charge in [-0.2, -0.15) is 0 Å². The molecule has 2 aromatic rings. The van der Waals surface area contributed by atoms with Crippen molar-refractivity contribution in [3.05, 3.63) is 29.6 Å². The zero-order valence-corrected chi connectivity index (χ0v) is 11.6. The molecular weight excluding hydrogens is 260 g/mol. The van der Waals surface area contributed by atoms with E-state index in [0.717, 1.165) is 0 Å². The molecule has 6 nitrogen and oxygen atoms in total. The first-order chi connectivity index (χ1) is 9.51. The number of carbonyl (C=O) groups excluding carboxylic acids is 1. The van der Waals surface area contributed by atoms with Gasteiger partial charge in [0.25, 0.3) is 0 Å². The van der Waals surface area contributed by atoms with Crippen LogP contribution in [-0.2, 0) is 16.0 Å². The molecule has 0 bridgehead atoms. The number of hydrogen-bond donors (Lipinski definition) is 1. The minimum atomic E-state index is -1.04. The summed E-state index contributed by atoms with van der Waals surface area (Å²) in [6.45, 7) is 3.58. The second-order valence-corrected chi connectivity index (χ2v) is 4.43. The molecular formula is C14H16N2O4. The fraction of sp³-hybridized carbons (Fsp3) is 0.357. The largest absolute Gasteiger partial charge is 0.478 e.